The van der Waals surface area contributed by atoms with Crippen molar-refractivity contribution in [3.05, 3.63) is 82.7 Å². The maximum Gasteiger partial charge on any atom is 0.271 e. The van der Waals surface area contributed by atoms with Gasteiger partial charge in [0.25, 0.3) is 11.6 Å². The summed E-state index contributed by atoms with van der Waals surface area (Å²) in [5.41, 5.74) is 7.49. The largest absolute Gasteiger partial charge is 0.361 e. The van der Waals surface area contributed by atoms with Crippen LogP contribution in [0.5, 0.6) is 0 Å². The molecule has 2 aromatic carbocycles. The molecule has 0 spiro atoms. The van der Waals surface area contributed by atoms with Crippen molar-refractivity contribution in [2.45, 2.75) is 45.7 Å². The second-order valence-corrected chi connectivity index (χ2v) is 8.93. The lowest BCUT2D eigenvalue weighted by molar-refractivity contribution is 0.590. The number of hydrogen-bond acceptors (Lipinski definition) is 3. The Morgan fingerprint density at radius 3 is 2.48 bits per heavy atom. The lowest BCUT2D eigenvalue weighted by Gasteiger charge is -2.27. The summed E-state index contributed by atoms with van der Waals surface area (Å²) >= 11 is 0. The maximum absolute atomic E-state index is 7.42. The average Bonchev–Trinajstić information content (AvgIpc) is 3.21. The van der Waals surface area contributed by atoms with E-state index in [1.807, 2.05) is 6.07 Å². The molecule has 0 aliphatic carbocycles. The van der Waals surface area contributed by atoms with E-state index in [0.717, 1.165) is 23.6 Å². The molecule has 29 heavy (non-hydrogen) atoms. The first-order valence-corrected chi connectivity index (χ1v) is 10.0. The van der Waals surface area contributed by atoms with Gasteiger partial charge in [0.2, 0.25) is 0 Å². The highest BCUT2D eigenvalue weighted by Gasteiger charge is 2.46. The number of hydrogen-bond donors (Lipinski definition) is 0. The molecule has 3 aromatic rings. The fourth-order valence-electron chi connectivity index (χ4n) is 4.48. The monoisotopic (exact) mass is 380 g/mol. The zero-order valence-corrected chi connectivity index (χ0v) is 17.3. The van der Waals surface area contributed by atoms with Gasteiger partial charge >= 0.3 is 0 Å². The first-order valence-electron chi connectivity index (χ1n) is 10.0. The van der Waals surface area contributed by atoms with Crippen LogP contribution in [-0.2, 0) is 11.8 Å². The SMILES string of the molecule is [C-]#[N+]c1ccc2c(n1)N(c1ccccc1C)C1Cc3ccc(C(C)(C)C)cc3N21. The molecule has 1 unspecified atom stereocenters. The van der Waals surface area contributed by atoms with Gasteiger partial charge in [0.05, 0.1) is 0 Å². The van der Waals surface area contributed by atoms with Crippen LogP contribution in [0, 0.1) is 13.5 Å². The molecular formula is C25H24N4. The van der Waals surface area contributed by atoms with Crippen molar-refractivity contribution in [2.24, 2.45) is 0 Å². The normalized spacial score (nSPS) is 17.0. The summed E-state index contributed by atoms with van der Waals surface area (Å²) in [4.78, 5) is 13.0. The van der Waals surface area contributed by atoms with Crippen molar-refractivity contribution in [3.8, 4) is 0 Å². The van der Waals surface area contributed by atoms with Crippen LogP contribution in [0.3, 0.4) is 0 Å². The molecule has 0 saturated carbocycles. The first-order chi connectivity index (χ1) is 13.9. The second-order valence-electron chi connectivity index (χ2n) is 8.93. The van der Waals surface area contributed by atoms with Crippen molar-refractivity contribution in [3.63, 3.8) is 0 Å². The van der Waals surface area contributed by atoms with E-state index in [1.165, 1.54) is 22.4 Å². The Labute approximate surface area is 172 Å². The van der Waals surface area contributed by atoms with E-state index in [4.69, 9.17) is 11.6 Å². The van der Waals surface area contributed by atoms with Gasteiger partial charge in [-0.15, -0.1) is 0 Å². The van der Waals surface area contributed by atoms with E-state index in [2.05, 4.69) is 90.9 Å². The predicted octanol–water partition coefficient (Wildman–Crippen LogP) is 6.41. The number of aryl methyl sites for hydroxylation is 1. The fraction of sp³-hybridized carbons (Fsp3) is 0.280. The summed E-state index contributed by atoms with van der Waals surface area (Å²) in [6, 6.07) is 19.2. The van der Waals surface area contributed by atoms with Gasteiger partial charge in [-0.25, -0.2) is 0 Å². The molecular weight excluding hydrogens is 356 g/mol. The fourth-order valence-corrected chi connectivity index (χ4v) is 4.48. The van der Waals surface area contributed by atoms with Crippen LogP contribution < -0.4 is 9.80 Å². The van der Waals surface area contributed by atoms with Crippen LogP contribution in [0.2, 0.25) is 0 Å². The van der Waals surface area contributed by atoms with Crippen LogP contribution in [0.15, 0.2) is 54.6 Å². The Bertz CT molecular complexity index is 1170. The zero-order chi connectivity index (χ0) is 20.3. The number of benzene rings is 2. The van der Waals surface area contributed by atoms with Crippen LogP contribution >= 0.6 is 0 Å². The maximum atomic E-state index is 7.42. The Morgan fingerprint density at radius 1 is 0.966 bits per heavy atom. The molecule has 0 N–H and O–H groups in total. The highest BCUT2D eigenvalue weighted by atomic mass is 15.5. The smallest absolute Gasteiger partial charge is 0.271 e. The van der Waals surface area contributed by atoms with Crippen LogP contribution in [0.25, 0.3) is 4.85 Å². The molecule has 0 fully saturated rings. The Hall–Kier alpha value is -3.32. The zero-order valence-electron chi connectivity index (χ0n) is 17.3. The van der Waals surface area contributed by atoms with Crippen LogP contribution in [-0.4, -0.2) is 11.1 Å². The van der Waals surface area contributed by atoms with Gasteiger partial charge in [0.1, 0.15) is 11.9 Å². The van der Waals surface area contributed by atoms with Crippen molar-refractivity contribution in [1.82, 2.24) is 4.98 Å². The average molecular weight is 380 g/mol. The predicted molar refractivity (Wildman–Crippen MR) is 119 cm³/mol. The molecule has 3 heterocycles. The van der Waals surface area contributed by atoms with E-state index in [-0.39, 0.29) is 11.6 Å². The second kappa shape index (κ2) is 6.09. The van der Waals surface area contributed by atoms with E-state index >= 15 is 0 Å². The lowest BCUT2D eigenvalue weighted by atomic mass is 9.86. The van der Waals surface area contributed by atoms with Crippen molar-refractivity contribution in [1.29, 1.82) is 0 Å². The molecule has 0 bridgehead atoms. The van der Waals surface area contributed by atoms with Crippen molar-refractivity contribution < 1.29 is 0 Å². The minimum atomic E-state index is 0.0948. The third kappa shape index (κ3) is 2.61. The molecule has 2 aliphatic heterocycles. The third-order valence-electron chi connectivity index (χ3n) is 6.03. The molecule has 0 amide bonds. The molecule has 1 atom stereocenters. The van der Waals surface area contributed by atoms with E-state index in [1.54, 1.807) is 0 Å². The summed E-state index contributed by atoms with van der Waals surface area (Å²) in [5.74, 6) is 1.32. The van der Waals surface area contributed by atoms with E-state index in [0.29, 0.717) is 5.82 Å². The van der Waals surface area contributed by atoms with Crippen LogP contribution in [0.1, 0.15) is 37.5 Å². The summed E-state index contributed by atoms with van der Waals surface area (Å²) in [6.45, 7) is 16.3. The van der Waals surface area contributed by atoms with Gasteiger partial charge in [-0.05, 0) is 53.3 Å². The minimum absolute atomic E-state index is 0.0948. The Morgan fingerprint density at radius 2 is 1.76 bits per heavy atom. The van der Waals surface area contributed by atoms with Crippen LogP contribution in [0.4, 0.5) is 28.7 Å². The summed E-state index contributed by atoms with van der Waals surface area (Å²) < 4.78 is 0. The molecule has 4 nitrogen and oxygen atoms in total. The summed E-state index contributed by atoms with van der Waals surface area (Å²) in [7, 11) is 0. The van der Waals surface area contributed by atoms with Gasteiger partial charge in [-0.2, -0.15) is 0 Å². The minimum Gasteiger partial charge on any atom is -0.361 e. The molecule has 4 heteroatoms. The molecule has 5 rings (SSSR count). The quantitative estimate of drug-likeness (QED) is 0.456. The topological polar surface area (TPSA) is 23.7 Å². The first kappa shape index (κ1) is 17.8. The third-order valence-corrected chi connectivity index (χ3v) is 6.03. The highest BCUT2D eigenvalue weighted by molar-refractivity contribution is 5.90. The lowest BCUT2D eigenvalue weighted by Crippen LogP contribution is -2.36. The molecule has 144 valence electrons. The number of para-hydroxylation sites is 1. The van der Waals surface area contributed by atoms with Crippen molar-refractivity contribution in [2.75, 3.05) is 9.80 Å². The Balaban J connectivity index is 1.72. The molecule has 2 aliphatic rings. The highest BCUT2D eigenvalue weighted by Crippen LogP contribution is 2.53. The summed E-state index contributed by atoms with van der Waals surface area (Å²) in [5, 5.41) is 0. The molecule has 0 radical (unpaired) electrons. The van der Waals surface area contributed by atoms with Gasteiger partial charge < -0.3 is 9.74 Å². The van der Waals surface area contributed by atoms with Gasteiger partial charge in [0, 0.05) is 17.8 Å². The van der Waals surface area contributed by atoms with Gasteiger partial charge in [-0.1, -0.05) is 62.7 Å². The van der Waals surface area contributed by atoms with Crippen molar-refractivity contribution >= 4 is 28.7 Å². The number of anilines is 4. The number of rotatable bonds is 1. The number of fused-ring (bicyclic) bond motifs is 5. The molecule has 0 saturated heterocycles. The number of pyridine rings is 1. The summed E-state index contributed by atoms with van der Waals surface area (Å²) in [6.07, 6.45) is 1.07. The standard InChI is InChI=1S/C25H24N4/c1-16-8-6-7-9-19(16)29-23-14-17-10-11-18(25(2,3)4)15-21(17)28(23)20-12-13-22(26-5)27-24(20)29/h6-13,15,23H,14H2,1-4H3. The van der Waals surface area contributed by atoms with Gasteiger partial charge in [0.15, 0.2) is 0 Å². The van der Waals surface area contributed by atoms with E-state index in [9.17, 15) is 0 Å². The number of aromatic nitrogens is 1. The van der Waals surface area contributed by atoms with E-state index < -0.39 is 0 Å². The Kier molecular flexibility index (Phi) is 3.73. The molecule has 1 aromatic heterocycles. The van der Waals surface area contributed by atoms with Gasteiger partial charge in [-0.3, -0.25) is 4.90 Å². The number of nitrogens with zero attached hydrogens (tertiary/aromatic N) is 4.